The third kappa shape index (κ3) is 2.88. The van der Waals surface area contributed by atoms with Crippen LogP contribution in [0.2, 0.25) is 0 Å². The predicted octanol–water partition coefficient (Wildman–Crippen LogP) is 4.93. The van der Waals surface area contributed by atoms with Gasteiger partial charge in [-0.05, 0) is 43.5 Å². The van der Waals surface area contributed by atoms with Gasteiger partial charge in [-0.2, -0.15) is 4.57 Å². The fraction of sp³-hybridized carbons (Fsp3) is 0.182. The number of nitrogens with zero attached hydrogens (tertiary/aromatic N) is 2. The second-order valence-electron chi connectivity index (χ2n) is 6.10. The van der Waals surface area contributed by atoms with E-state index in [9.17, 15) is 0 Å². The number of aryl methyl sites for hydroxylation is 2. The van der Waals surface area contributed by atoms with E-state index in [1.165, 1.54) is 40.5 Å². The van der Waals surface area contributed by atoms with Crippen LogP contribution in [0.5, 0.6) is 0 Å². The van der Waals surface area contributed by atoms with Gasteiger partial charge >= 0.3 is 0 Å². The summed E-state index contributed by atoms with van der Waals surface area (Å²) in [7, 11) is 1.24. The highest BCUT2D eigenvalue weighted by Gasteiger charge is 2.12. The summed E-state index contributed by atoms with van der Waals surface area (Å²) in [6.45, 7) is 6.40. The van der Waals surface area contributed by atoms with Crippen molar-refractivity contribution in [1.29, 1.82) is 0 Å². The maximum Gasteiger partial charge on any atom is 0.232 e. The van der Waals surface area contributed by atoms with Gasteiger partial charge in [0, 0.05) is 37.8 Å². The molecule has 0 spiro atoms. The van der Waals surface area contributed by atoms with E-state index in [0.717, 1.165) is 13.1 Å². The normalized spacial score (nSPS) is 12.2. The molecule has 25 heavy (non-hydrogen) atoms. The number of aromatic nitrogens is 2. The minimum Gasteiger partial charge on any atom is -0.337 e. The Labute approximate surface area is 149 Å². The quantitative estimate of drug-likeness (QED) is 0.368. The van der Waals surface area contributed by atoms with Gasteiger partial charge in [-0.15, -0.1) is 0 Å². The van der Waals surface area contributed by atoms with Gasteiger partial charge in [0.2, 0.25) is 11.0 Å². The molecule has 2 heterocycles. The molecular weight excluding hydrogens is 323 g/mol. The molecule has 0 fully saturated rings. The number of para-hydroxylation sites is 2. The number of rotatable bonds is 3. The predicted molar refractivity (Wildman–Crippen MR) is 107 cm³/mol. The Balaban J connectivity index is 2.00. The molecule has 124 valence electrons. The van der Waals surface area contributed by atoms with Gasteiger partial charge in [0.15, 0.2) is 0 Å². The number of benzene rings is 2. The molecule has 0 saturated carbocycles. The first-order valence-corrected chi connectivity index (χ1v) is 9.76. The van der Waals surface area contributed by atoms with Gasteiger partial charge in [0.1, 0.15) is 6.54 Å². The van der Waals surface area contributed by atoms with Crippen LogP contribution in [-0.4, -0.2) is 4.57 Å². The Bertz CT molecular complexity index is 1130. The summed E-state index contributed by atoms with van der Waals surface area (Å²) in [6.07, 6.45) is 0. The topological polar surface area (TPSA) is 8.81 Å². The number of pyridine rings is 2. The summed E-state index contributed by atoms with van der Waals surface area (Å²) in [4.78, 5) is 0. The molecule has 0 bridgehead atoms. The van der Waals surface area contributed by atoms with Crippen LogP contribution in [-0.2, 0) is 13.1 Å². The lowest BCUT2D eigenvalue weighted by Gasteiger charge is -2.10. The summed E-state index contributed by atoms with van der Waals surface area (Å²) in [5, 5.41) is 3.93. The SMILES string of the molecule is CCn1c(=Pc2ccc3ccccc3[n+]2CC)ccc2ccccc21. The first-order valence-electron chi connectivity index (χ1n) is 8.86. The van der Waals surface area contributed by atoms with E-state index in [0.29, 0.717) is 0 Å². The fourth-order valence-corrected chi connectivity index (χ4v) is 4.75. The monoisotopic (exact) mass is 345 g/mol. The Morgan fingerprint density at radius 1 is 0.800 bits per heavy atom. The summed E-state index contributed by atoms with van der Waals surface area (Å²) in [6, 6.07) is 26.3. The van der Waals surface area contributed by atoms with Crippen LogP contribution in [0.4, 0.5) is 0 Å². The number of hydrogen-bond donors (Lipinski definition) is 0. The van der Waals surface area contributed by atoms with E-state index in [4.69, 9.17) is 0 Å². The van der Waals surface area contributed by atoms with Crippen molar-refractivity contribution in [2.24, 2.45) is 0 Å². The molecule has 2 nitrogen and oxygen atoms in total. The Kier molecular flexibility index (Phi) is 4.38. The molecule has 0 N–H and O–H groups in total. The van der Waals surface area contributed by atoms with Crippen LogP contribution in [0.1, 0.15) is 13.8 Å². The van der Waals surface area contributed by atoms with Crippen molar-refractivity contribution in [3.63, 3.8) is 0 Å². The highest BCUT2D eigenvalue weighted by atomic mass is 31.1. The number of hydrogen-bond acceptors (Lipinski definition) is 0. The van der Waals surface area contributed by atoms with Crippen molar-refractivity contribution in [3.8, 4) is 0 Å². The molecule has 2 aromatic heterocycles. The summed E-state index contributed by atoms with van der Waals surface area (Å²) >= 11 is 0. The first kappa shape index (κ1) is 16.1. The highest BCUT2D eigenvalue weighted by molar-refractivity contribution is 7.38. The largest absolute Gasteiger partial charge is 0.337 e. The molecule has 0 unspecified atom stereocenters. The molecule has 0 amide bonds. The molecule has 0 aliphatic carbocycles. The van der Waals surface area contributed by atoms with Crippen molar-refractivity contribution in [1.82, 2.24) is 4.57 Å². The summed E-state index contributed by atoms with van der Waals surface area (Å²) in [5.41, 5.74) is 3.94. The zero-order valence-corrected chi connectivity index (χ0v) is 15.6. The lowest BCUT2D eigenvalue weighted by Crippen LogP contribution is -2.45. The van der Waals surface area contributed by atoms with E-state index in [-0.39, 0.29) is 0 Å². The van der Waals surface area contributed by atoms with E-state index >= 15 is 0 Å². The maximum atomic E-state index is 2.42. The molecule has 4 aromatic rings. The molecule has 0 saturated heterocycles. The van der Waals surface area contributed by atoms with Crippen molar-refractivity contribution in [2.75, 3.05) is 0 Å². The highest BCUT2D eigenvalue weighted by Crippen LogP contribution is 2.18. The van der Waals surface area contributed by atoms with Crippen LogP contribution in [0.25, 0.3) is 21.8 Å². The van der Waals surface area contributed by atoms with Crippen molar-refractivity contribution in [3.05, 3.63) is 77.9 Å². The summed E-state index contributed by atoms with van der Waals surface area (Å²) < 4.78 is 4.85. The zero-order chi connectivity index (χ0) is 17.2. The van der Waals surface area contributed by atoms with Crippen LogP contribution in [0, 0.1) is 5.07 Å². The van der Waals surface area contributed by atoms with E-state index in [2.05, 4.69) is 95.8 Å². The second-order valence-corrected chi connectivity index (χ2v) is 7.24. The number of fused-ring (bicyclic) bond motifs is 2. The van der Waals surface area contributed by atoms with Crippen LogP contribution < -0.4 is 10.0 Å². The van der Waals surface area contributed by atoms with Crippen LogP contribution >= 0.6 is 8.20 Å². The third-order valence-corrected chi connectivity index (χ3v) is 5.93. The van der Waals surface area contributed by atoms with Gasteiger partial charge in [0.05, 0.1) is 5.07 Å². The van der Waals surface area contributed by atoms with Gasteiger partial charge in [0.25, 0.3) is 0 Å². The zero-order valence-electron chi connectivity index (χ0n) is 14.7. The van der Waals surface area contributed by atoms with Gasteiger partial charge in [-0.3, -0.25) is 0 Å². The third-order valence-electron chi connectivity index (χ3n) is 4.69. The molecule has 3 heteroatoms. The average Bonchev–Trinajstić information content (AvgIpc) is 2.67. The smallest absolute Gasteiger partial charge is 0.232 e. The van der Waals surface area contributed by atoms with Crippen molar-refractivity contribution >= 4 is 35.4 Å². The molecular formula is C22H22N2P+. The Morgan fingerprint density at radius 3 is 2.32 bits per heavy atom. The molecule has 0 radical (unpaired) electrons. The first-order chi connectivity index (χ1) is 12.3. The van der Waals surface area contributed by atoms with Gasteiger partial charge < -0.3 is 4.57 Å². The van der Waals surface area contributed by atoms with E-state index in [1.807, 2.05) is 0 Å². The molecule has 0 aliphatic heterocycles. The molecule has 0 aliphatic rings. The van der Waals surface area contributed by atoms with E-state index < -0.39 is 0 Å². The molecule has 0 atom stereocenters. The van der Waals surface area contributed by atoms with Gasteiger partial charge in [-0.1, -0.05) is 36.4 Å². The second kappa shape index (κ2) is 6.82. The molecule has 4 rings (SSSR count). The lowest BCUT2D eigenvalue weighted by molar-refractivity contribution is -0.649. The maximum absolute atomic E-state index is 2.42. The summed E-state index contributed by atoms with van der Waals surface area (Å²) in [5.74, 6) is 0. The molecule has 2 aromatic carbocycles. The van der Waals surface area contributed by atoms with Crippen molar-refractivity contribution < 1.29 is 4.57 Å². The minimum atomic E-state index is 0.976. The Hall–Kier alpha value is -2.44. The van der Waals surface area contributed by atoms with Crippen LogP contribution in [0.3, 0.4) is 0 Å². The van der Waals surface area contributed by atoms with Crippen LogP contribution in [0.15, 0.2) is 72.8 Å². The van der Waals surface area contributed by atoms with Crippen molar-refractivity contribution in [2.45, 2.75) is 26.9 Å². The Morgan fingerprint density at radius 2 is 1.52 bits per heavy atom. The average molecular weight is 345 g/mol. The fourth-order valence-electron chi connectivity index (χ4n) is 3.48. The van der Waals surface area contributed by atoms with Gasteiger partial charge in [-0.25, -0.2) is 0 Å². The minimum absolute atomic E-state index is 0.976. The lowest BCUT2D eigenvalue weighted by atomic mass is 10.2. The standard InChI is InChI=1S/C22H22N2P/c1-3-23-19-11-7-5-9-17(19)13-15-21(23)25-22-16-14-18-10-6-8-12-20(18)24(22)4-2/h5-16H,3-4H2,1-2H3/q+1. The van der Waals surface area contributed by atoms with E-state index in [1.54, 1.807) is 0 Å².